The van der Waals surface area contributed by atoms with Crippen LogP contribution in [0.4, 0.5) is 0 Å². The molecule has 0 amide bonds. The maximum atomic E-state index is 10.6. The number of carbonyl (C=O) groups is 1. The Labute approximate surface area is 115 Å². The normalized spacial score (nSPS) is 11.2. The van der Waals surface area contributed by atoms with Gasteiger partial charge in [0.15, 0.2) is 0 Å². The van der Waals surface area contributed by atoms with Crippen molar-refractivity contribution >= 4 is 5.97 Å². The highest BCUT2D eigenvalue weighted by molar-refractivity contribution is 5.70. The smallest absolute Gasteiger partial charge is 0.307 e. The fourth-order valence-corrected chi connectivity index (χ4v) is 1.77. The molecule has 19 heavy (non-hydrogen) atoms. The van der Waals surface area contributed by atoms with Gasteiger partial charge in [-0.2, -0.15) is 0 Å². The minimum atomic E-state index is -0.796. The molecule has 1 rings (SSSR count). The number of aliphatic carboxylic acids is 1. The molecule has 4 nitrogen and oxygen atoms in total. The SMILES string of the molecule is CC(C)OCCN(C)Cc1ccc(CC(=O)O)cc1. The Morgan fingerprint density at radius 1 is 1.26 bits per heavy atom. The molecule has 0 aliphatic rings. The van der Waals surface area contributed by atoms with E-state index in [1.54, 1.807) is 0 Å². The van der Waals surface area contributed by atoms with E-state index in [1.165, 1.54) is 5.56 Å². The van der Waals surface area contributed by atoms with Crippen LogP contribution in [0.15, 0.2) is 24.3 Å². The zero-order valence-corrected chi connectivity index (χ0v) is 11.9. The number of hydrogen-bond acceptors (Lipinski definition) is 3. The molecule has 0 heterocycles. The third-order valence-corrected chi connectivity index (χ3v) is 2.76. The molecule has 0 spiro atoms. The molecule has 0 aliphatic heterocycles. The molecular formula is C15H23NO3. The van der Waals surface area contributed by atoms with Crippen LogP contribution in [0.2, 0.25) is 0 Å². The first-order chi connectivity index (χ1) is 8.97. The van der Waals surface area contributed by atoms with Gasteiger partial charge in [0, 0.05) is 13.1 Å². The number of likely N-dealkylation sites (N-methyl/N-ethyl adjacent to an activating group) is 1. The summed E-state index contributed by atoms with van der Waals surface area (Å²) in [6, 6.07) is 7.72. The van der Waals surface area contributed by atoms with Crippen molar-refractivity contribution in [1.82, 2.24) is 4.90 Å². The Hall–Kier alpha value is -1.39. The van der Waals surface area contributed by atoms with Crippen LogP contribution in [0.3, 0.4) is 0 Å². The summed E-state index contributed by atoms with van der Waals surface area (Å²) in [5.74, 6) is -0.796. The molecule has 0 atom stereocenters. The summed E-state index contributed by atoms with van der Waals surface area (Å²) in [7, 11) is 2.05. The zero-order chi connectivity index (χ0) is 14.3. The second-order valence-electron chi connectivity index (χ2n) is 5.04. The number of carboxylic acid groups (broad SMARTS) is 1. The molecular weight excluding hydrogens is 242 g/mol. The topological polar surface area (TPSA) is 49.8 Å². The summed E-state index contributed by atoms with van der Waals surface area (Å²) in [5, 5.41) is 8.70. The van der Waals surface area contributed by atoms with Crippen LogP contribution in [0.25, 0.3) is 0 Å². The van der Waals surface area contributed by atoms with Gasteiger partial charge in [0.25, 0.3) is 0 Å². The van der Waals surface area contributed by atoms with Crippen LogP contribution in [0.1, 0.15) is 25.0 Å². The van der Waals surface area contributed by atoms with Crippen molar-refractivity contribution in [3.8, 4) is 0 Å². The van der Waals surface area contributed by atoms with E-state index in [1.807, 2.05) is 38.1 Å². The molecule has 0 fully saturated rings. The molecule has 1 aromatic rings. The molecule has 4 heteroatoms. The van der Waals surface area contributed by atoms with E-state index in [4.69, 9.17) is 9.84 Å². The molecule has 1 N–H and O–H groups in total. The molecule has 0 saturated carbocycles. The summed E-state index contributed by atoms with van der Waals surface area (Å²) >= 11 is 0. The number of ether oxygens (including phenoxy) is 1. The first-order valence-corrected chi connectivity index (χ1v) is 6.57. The Balaban J connectivity index is 2.37. The number of rotatable bonds is 8. The van der Waals surface area contributed by atoms with Crippen LogP contribution in [0.5, 0.6) is 0 Å². The number of nitrogens with zero attached hydrogens (tertiary/aromatic N) is 1. The van der Waals surface area contributed by atoms with Gasteiger partial charge in [-0.25, -0.2) is 0 Å². The second kappa shape index (κ2) is 7.92. The van der Waals surface area contributed by atoms with E-state index in [0.717, 1.165) is 25.3 Å². The summed E-state index contributed by atoms with van der Waals surface area (Å²) in [6.07, 6.45) is 0.349. The van der Waals surface area contributed by atoms with Crippen LogP contribution >= 0.6 is 0 Å². The van der Waals surface area contributed by atoms with Gasteiger partial charge in [0.2, 0.25) is 0 Å². The van der Waals surface area contributed by atoms with E-state index >= 15 is 0 Å². The third kappa shape index (κ3) is 6.94. The lowest BCUT2D eigenvalue weighted by Gasteiger charge is -2.17. The second-order valence-corrected chi connectivity index (χ2v) is 5.04. The van der Waals surface area contributed by atoms with Crippen LogP contribution < -0.4 is 0 Å². The van der Waals surface area contributed by atoms with E-state index in [2.05, 4.69) is 11.9 Å². The van der Waals surface area contributed by atoms with E-state index in [-0.39, 0.29) is 12.5 Å². The standard InChI is InChI=1S/C15H23NO3/c1-12(2)19-9-8-16(3)11-14-6-4-13(5-7-14)10-15(17)18/h4-7,12H,8-11H2,1-3H3,(H,17,18). The van der Waals surface area contributed by atoms with Gasteiger partial charge in [-0.05, 0) is 32.0 Å². The Morgan fingerprint density at radius 3 is 2.37 bits per heavy atom. The maximum Gasteiger partial charge on any atom is 0.307 e. The first-order valence-electron chi connectivity index (χ1n) is 6.57. The average molecular weight is 265 g/mol. The summed E-state index contributed by atoms with van der Waals surface area (Å²) in [5.41, 5.74) is 2.02. The molecule has 0 aliphatic carbocycles. The van der Waals surface area contributed by atoms with E-state index in [0.29, 0.717) is 0 Å². The molecule has 106 valence electrons. The highest BCUT2D eigenvalue weighted by Crippen LogP contribution is 2.07. The molecule has 0 unspecified atom stereocenters. The minimum absolute atomic E-state index is 0.0817. The van der Waals surface area contributed by atoms with Crippen LogP contribution in [-0.4, -0.2) is 42.3 Å². The van der Waals surface area contributed by atoms with Gasteiger partial charge >= 0.3 is 5.97 Å². The van der Waals surface area contributed by atoms with Gasteiger partial charge in [-0.1, -0.05) is 24.3 Å². The Morgan fingerprint density at radius 2 is 1.84 bits per heavy atom. The quantitative estimate of drug-likeness (QED) is 0.782. The first kappa shape index (κ1) is 15.7. The molecule has 0 bridgehead atoms. The van der Waals surface area contributed by atoms with Crippen LogP contribution in [0, 0.1) is 0 Å². The molecule has 0 radical (unpaired) electrons. The number of benzene rings is 1. The molecule has 0 saturated heterocycles. The predicted octanol–water partition coefficient (Wildman–Crippen LogP) is 2.17. The van der Waals surface area contributed by atoms with Gasteiger partial charge in [-0.3, -0.25) is 9.69 Å². The van der Waals surface area contributed by atoms with Crippen molar-refractivity contribution in [2.75, 3.05) is 20.2 Å². The minimum Gasteiger partial charge on any atom is -0.481 e. The number of hydrogen-bond donors (Lipinski definition) is 1. The average Bonchev–Trinajstić information content (AvgIpc) is 2.30. The zero-order valence-electron chi connectivity index (χ0n) is 11.9. The fourth-order valence-electron chi connectivity index (χ4n) is 1.77. The molecule has 1 aromatic carbocycles. The fraction of sp³-hybridized carbons (Fsp3) is 0.533. The summed E-state index contributed by atoms with van der Waals surface area (Å²) < 4.78 is 5.51. The highest BCUT2D eigenvalue weighted by atomic mass is 16.5. The van der Waals surface area contributed by atoms with E-state index < -0.39 is 5.97 Å². The maximum absolute atomic E-state index is 10.6. The van der Waals surface area contributed by atoms with Gasteiger partial charge < -0.3 is 9.84 Å². The van der Waals surface area contributed by atoms with Gasteiger partial charge in [0.05, 0.1) is 19.1 Å². The monoisotopic (exact) mass is 265 g/mol. The van der Waals surface area contributed by atoms with Crippen molar-refractivity contribution in [2.24, 2.45) is 0 Å². The van der Waals surface area contributed by atoms with Crippen molar-refractivity contribution in [3.05, 3.63) is 35.4 Å². The predicted molar refractivity (Wildman–Crippen MR) is 75.2 cm³/mol. The van der Waals surface area contributed by atoms with E-state index in [9.17, 15) is 4.79 Å². The largest absolute Gasteiger partial charge is 0.481 e. The van der Waals surface area contributed by atoms with Crippen molar-refractivity contribution in [1.29, 1.82) is 0 Å². The highest BCUT2D eigenvalue weighted by Gasteiger charge is 2.03. The molecule has 0 aromatic heterocycles. The van der Waals surface area contributed by atoms with Gasteiger partial charge in [0.1, 0.15) is 0 Å². The van der Waals surface area contributed by atoms with Crippen LogP contribution in [-0.2, 0) is 22.5 Å². The van der Waals surface area contributed by atoms with Crippen molar-refractivity contribution in [2.45, 2.75) is 32.9 Å². The summed E-state index contributed by atoms with van der Waals surface area (Å²) in [4.78, 5) is 12.8. The lowest BCUT2D eigenvalue weighted by atomic mass is 10.1. The Kier molecular flexibility index (Phi) is 6.53. The summed E-state index contributed by atoms with van der Waals surface area (Å²) in [6.45, 7) is 6.51. The Bertz CT molecular complexity index is 387. The lowest BCUT2D eigenvalue weighted by molar-refractivity contribution is -0.136. The number of carboxylic acids is 1. The van der Waals surface area contributed by atoms with Crippen molar-refractivity contribution < 1.29 is 14.6 Å². The lowest BCUT2D eigenvalue weighted by Crippen LogP contribution is -2.24. The third-order valence-electron chi connectivity index (χ3n) is 2.76. The van der Waals surface area contributed by atoms with Gasteiger partial charge in [-0.15, -0.1) is 0 Å². The van der Waals surface area contributed by atoms with Crippen molar-refractivity contribution in [3.63, 3.8) is 0 Å².